The highest BCUT2D eigenvalue weighted by Gasteiger charge is 2.49. The normalized spacial score (nSPS) is 21.4. The number of ketones is 1. The minimum Gasteiger partial charge on any atom is -0.457 e. The Morgan fingerprint density at radius 3 is 2.29 bits per heavy atom. The second-order valence-electron chi connectivity index (χ2n) is 9.07. The van der Waals surface area contributed by atoms with Crippen LogP contribution in [0.2, 0.25) is 0 Å². The van der Waals surface area contributed by atoms with E-state index in [0.29, 0.717) is 29.9 Å². The summed E-state index contributed by atoms with van der Waals surface area (Å²) in [4.78, 5) is 63.0. The second kappa shape index (κ2) is 10.6. The molecule has 4 rings (SSSR count). The molecule has 1 aliphatic heterocycles. The molecule has 2 aliphatic rings. The summed E-state index contributed by atoms with van der Waals surface area (Å²) in [5, 5.41) is 0. The highest BCUT2D eigenvalue weighted by Crippen LogP contribution is 2.40. The third kappa shape index (κ3) is 5.65. The zero-order chi connectivity index (χ0) is 24.9. The SMILES string of the molecule is CC1CCC2C(=O)N(CCC(=O)OCC(=O)c3ccc(OC(=O)c4ccccc4)cc3)C(=O)C2C1. The number of imide groups is 1. The van der Waals surface area contributed by atoms with Crippen LogP contribution in [-0.2, 0) is 19.1 Å². The molecule has 8 nitrogen and oxygen atoms in total. The Kier molecular flexibility index (Phi) is 7.39. The monoisotopic (exact) mass is 477 g/mol. The molecule has 8 heteroatoms. The largest absolute Gasteiger partial charge is 0.457 e. The summed E-state index contributed by atoms with van der Waals surface area (Å²) < 4.78 is 10.3. The van der Waals surface area contributed by atoms with E-state index in [4.69, 9.17) is 9.47 Å². The van der Waals surface area contributed by atoms with Crippen LogP contribution in [0.3, 0.4) is 0 Å². The van der Waals surface area contributed by atoms with Gasteiger partial charge in [0.2, 0.25) is 11.8 Å². The van der Waals surface area contributed by atoms with Crippen molar-refractivity contribution in [1.82, 2.24) is 4.90 Å². The van der Waals surface area contributed by atoms with E-state index in [-0.39, 0.29) is 42.4 Å². The van der Waals surface area contributed by atoms with E-state index < -0.39 is 24.3 Å². The van der Waals surface area contributed by atoms with Gasteiger partial charge in [-0.05, 0) is 61.6 Å². The first-order chi connectivity index (χ1) is 16.8. The van der Waals surface area contributed by atoms with Crippen LogP contribution in [0.4, 0.5) is 0 Å². The molecule has 3 atom stereocenters. The van der Waals surface area contributed by atoms with Crippen LogP contribution in [0.1, 0.15) is 53.3 Å². The number of likely N-dealkylation sites (tertiary alicyclic amines) is 1. The lowest BCUT2D eigenvalue weighted by molar-refractivity contribution is -0.145. The van der Waals surface area contributed by atoms with Gasteiger partial charge in [-0.25, -0.2) is 4.79 Å². The van der Waals surface area contributed by atoms with Crippen LogP contribution in [0.25, 0.3) is 0 Å². The number of hydrogen-bond acceptors (Lipinski definition) is 7. The summed E-state index contributed by atoms with van der Waals surface area (Å²) in [7, 11) is 0. The maximum Gasteiger partial charge on any atom is 0.343 e. The number of esters is 2. The van der Waals surface area contributed by atoms with Gasteiger partial charge < -0.3 is 9.47 Å². The number of benzene rings is 2. The molecular weight excluding hydrogens is 450 g/mol. The van der Waals surface area contributed by atoms with Gasteiger partial charge in [0.15, 0.2) is 12.4 Å². The number of nitrogens with zero attached hydrogens (tertiary/aromatic N) is 1. The fourth-order valence-electron chi connectivity index (χ4n) is 4.63. The van der Waals surface area contributed by atoms with E-state index in [9.17, 15) is 24.0 Å². The van der Waals surface area contributed by atoms with Crippen molar-refractivity contribution in [3.63, 3.8) is 0 Å². The number of amides is 2. The van der Waals surface area contributed by atoms with E-state index in [2.05, 4.69) is 6.92 Å². The van der Waals surface area contributed by atoms with E-state index in [1.54, 1.807) is 30.3 Å². The number of carbonyl (C=O) groups is 5. The third-order valence-corrected chi connectivity index (χ3v) is 6.58. The minimum atomic E-state index is -0.657. The van der Waals surface area contributed by atoms with Crippen LogP contribution in [-0.4, -0.2) is 47.6 Å². The Morgan fingerprint density at radius 1 is 0.886 bits per heavy atom. The summed E-state index contributed by atoms with van der Waals surface area (Å²) >= 11 is 0. The molecule has 0 aromatic heterocycles. The van der Waals surface area contributed by atoms with Gasteiger partial charge in [0.25, 0.3) is 0 Å². The zero-order valence-electron chi connectivity index (χ0n) is 19.5. The van der Waals surface area contributed by atoms with E-state index in [0.717, 1.165) is 6.42 Å². The molecule has 2 aromatic carbocycles. The van der Waals surface area contributed by atoms with Gasteiger partial charge in [-0.3, -0.25) is 24.1 Å². The second-order valence-corrected chi connectivity index (χ2v) is 9.07. The Balaban J connectivity index is 1.23. The van der Waals surface area contributed by atoms with E-state index in [1.165, 1.54) is 29.2 Å². The molecular formula is C27H27NO7. The smallest absolute Gasteiger partial charge is 0.343 e. The highest BCUT2D eigenvalue weighted by atomic mass is 16.5. The summed E-state index contributed by atoms with van der Waals surface area (Å²) in [5.41, 5.74) is 0.700. The summed E-state index contributed by atoms with van der Waals surface area (Å²) in [6.45, 7) is 1.58. The van der Waals surface area contributed by atoms with Gasteiger partial charge in [0.1, 0.15) is 5.75 Å². The highest BCUT2D eigenvalue weighted by molar-refractivity contribution is 6.05. The molecule has 1 saturated carbocycles. The number of fused-ring (bicyclic) bond motifs is 1. The first-order valence-corrected chi connectivity index (χ1v) is 11.7. The molecule has 0 radical (unpaired) electrons. The van der Waals surface area contributed by atoms with Gasteiger partial charge in [0, 0.05) is 12.1 Å². The Bertz CT molecular complexity index is 1130. The first-order valence-electron chi connectivity index (χ1n) is 11.7. The van der Waals surface area contributed by atoms with Crippen LogP contribution in [0, 0.1) is 17.8 Å². The van der Waals surface area contributed by atoms with Crippen LogP contribution >= 0.6 is 0 Å². The lowest BCUT2D eigenvalue weighted by atomic mass is 9.76. The maximum absolute atomic E-state index is 12.6. The molecule has 2 amide bonds. The lowest BCUT2D eigenvalue weighted by Gasteiger charge is -2.25. The number of carbonyl (C=O) groups excluding carboxylic acids is 5. The number of hydrogen-bond donors (Lipinski definition) is 0. The average Bonchev–Trinajstić information content (AvgIpc) is 3.10. The fourth-order valence-corrected chi connectivity index (χ4v) is 4.63. The topological polar surface area (TPSA) is 107 Å². The molecule has 2 aromatic rings. The van der Waals surface area contributed by atoms with Crippen molar-refractivity contribution in [2.24, 2.45) is 17.8 Å². The molecule has 0 N–H and O–H groups in total. The number of ether oxygens (including phenoxy) is 2. The summed E-state index contributed by atoms with van der Waals surface area (Å²) in [5.74, 6) is -1.86. The molecule has 2 fully saturated rings. The standard InChI is InChI=1S/C27H27NO7/c1-17-7-12-21-22(15-17)26(32)28(25(21)31)14-13-24(30)34-16-23(29)18-8-10-20(11-9-18)35-27(33)19-5-3-2-4-6-19/h2-6,8-11,17,21-22H,7,12-16H2,1H3. The third-order valence-electron chi connectivity index (χ3n) is 6.58. The van der Waals surface area contributed by atoms with E-state index in [1.807, 2.05) is 0 Å². The van der Waals surface area contributed by atoms with Crippen molar-refractivity contribution < 1.29 is 33.4 Å². The lowest BCUT2D eigenvalue weighted by Crippen LogP contribution is -2.33. The molecule has 1 saturated heterocycles. The van der Waals surface area contributed by atoms with Crippen molar-refractivity contribution in [1.29, 1.82) is 0 Å². The van der Waals surface area contributed by atoms with Crippen molar-refractivity contribution in [2.45, 2.75) is 32.6 Å². The molecule has 0 bridgehead atoms. The van der Waals surface area contributed by atoms with Crippen molar-refractivity contribution >= 4 is 29.5 Å². The number of rotatable bonds is 8. The predicted octanol–water partition coefficient (Wildman–Crippen LogP) is 3.44. The first kappa shape index (κ1) is 24.3. The molecule has 0 spiro atoms. The molecule has 3 unspecified atom stereocenters. The zero-order valence-corrected chi connectivity index (χ0v) is 19.5. The van der Waals surface area contributed by atoms with Gasteiger partial charge in [0.05, 0.1) is 23.8 Å². The summed E-state index contributed by atoms with van der Waals surface area (Å²) in [6.07, 6.45) is 2.17. The van der Waals surface area contributed by atoms with Crippen molar-refractivity contribution in [3.8, 4) is 5.75 Å². The van der Waals surface area contributed by atoms with Crippen molar-refractivity contribution in [3.05, 3.63) is 65.7 Å². The van der Waals surface area contributed by atoms with Crippen LogP contribution in [0.15, 0.2) is 54.6 Å². The van der Waals surface area contributed by atoms with Gasteiger partial charge in [-0.2, -0.15) is 0 Å². The Morgan fingerprint density at radius 2 is 1.57 bits per heavy atom. The molecule has 1 heterocycles. The van der Waals surface area contributed by atoms with Crippen LogP contribution in [0.5, 0.6) is 5.75 Å². The minimum absolute atomic E-state index is 0.0342. The van der Waals surface area contributed by atoms with Gasteiger partial charge >= 0.3 is 11.9 Å². The molecule has 35 heavy (non-hydrogen) atoms. The molecule has 1 aliphatic carbocycles. The Hall–Kier alpha value is -3.81. The van der Waals surface area contributed by atoms with Gasteiger partial charge in [-0.15, -0.1) is 0 Å². The van der Waals surface area contributed by atoms with E-state index >= 15 is 0 Å². The fraction of sp³-hybridized carbons (Fsp3) is 0.370. The maximum atomic E-state index is 12.6. The molecule has 182 valence electrons. The van der Waals surface area contributed by atoms with Crippen LogP contribution < -0.4 is 4.74 Å². The average molecular weight is 478 g/mol. The predicted molar refractivity (Wildman–Crippen MR) is 124 cm³/mol. The number of Topliss-reactive ketones (excluding diaryl/α,β-unsaturated/α-hetero) is 1. The van der Waals surface area contributed by atoms with Gasteiger partial charge in [-0.1, -0.05) is 25.1 Å². The Labute approximate surface area is 203 Å². The summed E-state index contributed by atoms with van der Waals surface area (Å²) in [6, 6.07) is 14.5. The quantitative estimate of drug-likeness (QED) is 0.248. The van der Waals surface area contributed by atoms with Crippen molar-refractivity contribution in [2.75, 3.05) is 13.2 Å².